The molecule has 0 spiro atoms. The molecular weight excluding hydrogens is 328 g/mol. The largest absolute Gasteiger partial charge is 0.299 e. The molecule has 25 heavy (non-hydrogen) atoms. The van der Waals surface area contributed by atoms with E-state index in [9.17, 15) is 0 Å². The van der Waals surface area contributed by atoms with Crippen LogP contribution in [0.25, 0.3) is 0 Å². The first-order chi connectivity index (χ1) is 12.0. The maximum atomic E-state index is 6.55. The van der Waals surface area contributed by atoms with Gasteiger partial charge >= 0.3 is 0 Å². The summed E-state index contributed by atoms with van der Waals surface area (Å²) in [7, 11) is 2.24. The van der Waals surface area contributed by atoms with Crippen LogP contribution >= 0.6 is 11.6 Å². The summed E-state index contributed by atoms with van der Waals surface area (Å²) in [6.07, 6.45) is 1.13. The molecule has 0 bridgehead atoms. The van der Waals surface area contributed by atoms with Gasteiger partial charge in [0, 0.05) is 42.2 Å². The molecule has 1 saturated heterocycles. The Hall–Kier alpha value is -1.35. The Labute approximate surface area is 156 Å². The molecule has 0 radical (unpaired) electrons. The normalized spacial score (nSPS) is 26.6. The van der Waals surface area contributed by atoms with Gasteiger partial charge < -0.3 is 0 Å². The van der Waals surface area contributed by atoms with Crippen LogP contribution in [-0.2, 0) is 0 Å². The van der Waals surface area contributed by atoms with E-state index < -0.39 is 0 Å². The van der Waals surface area contributed by atoms with Crippen LogP contribution in [0.5, 0.6) is 0 Å². The standard InChI is InChI=1S/C22H27ClN2/c1-22(2)15-25(13-12-24(22)3)21-14-19(16-8-4-5-10-18(16)21)17-9-6-7-11-20(17)23/h4-11,19,21H,12-15H2,1-3H3/t19-,21+/m0/s1. The molecule has 0 unspecified atom stereocenters. The van der Waals surface area contributed by atoms with Gasteiger partial charge in [-0.15, -0.1) is 0 Å². The van der Waals surface area contributed by atoms with Gasteiger partial charge in [0.15, 0.2) is 0 Å². The molecule has 0 aromatic heterocycles. The first-order valence-electron chi connectivity index (χ1n) is 9.26. The molecule has 0 amide bonds. The third-order valence-corrected chi connectivity index (χ3v) is 6.60. The molecule has 1 heterocycles. The van der Waals surface area contributed by atoms with Crippen molar-refractivity contribution in [2.24, 2.45) is 0 Å². The molecule has 0 saturated carbocycles. The minimum atomic E-state index is 0.218. The summed E-state index contributed by atoms with van der Waals surface area (Å²) < 4.78 is 0. The highest BCUT2D eigenvalue weighted by Gasteiger charge is 2.40. The van der Waals surface area contributed by atoms with Gasteiger partial charge in [-0.05, 0) is 50.1 Å². The number of halogens is 1. The number of piperazine rings is 1. The van der Waals surface area contributed by atoms with Gasteiger partial charge in [0.25, 0.3) is 0 Å². The van der Waals surface area contributed by atoms with E-state index in [0.29, 0.717) is 12.0 Å². The van der Waals surface area contributed by atoms with E-state index in [4.69, 9.17) is 11.6 Å². The minimum Gasteiger partial charge on any atom is -0.299 e. The van der Waals surface area contributed by atoms with E-state index in [1.807, 2.05) is 12.1 Å². The van der Waals surface area contributed by atoms with E-state index in [1.165, 1.54) is 16.7 Å². The van der Waals surface area contributed by atoms with E-state index in [2.05, 4.69) is 67.1 Å². The number of benzene rings is 2. The third kappa shape index (κ3) is 3.01. The lowest BCUT2D eigenvalue weighted by molar-refractivity contribution is 0.0158. The Balaban J connectivity index is 1.69. The van der Waals surface area contributed by atoms with Crippen molar-refractivity contribution in [2.75, 3.05) is 26.7 Å². The fraction of sp³-hybridized carbons (Fsp3) is 0.455. The predicted octanol–water partition coefficient (Wildman–Crippen LogP) is 4.94. The van der Waals surface area contributed by atoms with Crippen molar-refractivity contribution in [2.45, 2.75) is 37.8 Å². The summed E-state index contributed by atoms with van der Waals surface area (Å²) in [5.41, 5.74) is 4.44. The summed E-state index contributed by atoms with van der Waals surface area (Å²) >= 11 is 6.55. The van der Waals surface area contributed by atoms with Gasteiger partial charge in [0.1, 0.15) is 0 Å². The van der Waals surface area contributed by atoms with Crippen LogP contribution in [0.3, 0.4) is 0 Å². The zero-order chi connectivity index (χ0) is 17.6. The van der Waals surface area contributed by atoms with E-state index in [1.54, 1.807) is 0 Å². The lowest BCUT2D eigenvalue weighted by Crippen LogP contribution is -2.58. The fourth-order valence-electron chi connectivity index (χ4n) is 4.55. The second-order valence-corrected chi connectivity index (χ2v) is 8.57. The first kappa shape index (κ1) is 17.1. The molecule has 0 N–H and O–H groups in total. The van der Waals surface area contributed by atoms with Crippen molar-refractivity contribution in [3.05, 3.63) is 70.2 Å². The monoisotopic (exact) mass is 354 g/mol. The van der Waals surface area contributed by atoms with Crippen molar-refractivity contribution in [1.29, 1.82) is 0 Å². The van der Waals surface area contributed by atoms with Crippen molar-refractivity contribution in [1.82, 2.24) is 9.80 Å². The van der Waals surface area contributed by atoms with Crippen LogP contribution < -0.4 is 0 Å². The van der Waals surface area contributed by atoms with Crippen molar-refractivity contribution < 1.29 is 0 Å². The fourth-order valence-corrected chi connectivity index (χ4v) is 4.82. The smallest absolute Gasteiger partial charge is 0.0444 e. The molecule has 2 nitrogen and oxygen atoms in total. The van der Waals surface area contributed by atoms with Gasteiger partial charge in [0.2, 0.25) is 0 Å². The number of rotatable bonds is 2. The van der Waals surface area contributed by atoms with Gasteiger partial charge in [-0.1, -0.05) is 54.1 Å². The zero-order valence-corrected chi connectivity index (χ0v) is 16.1. The molecule has 3 heteroatoms. The second kappa shape index (κ2) is 6.42. The molecule has 132 valence electrons. The highest BCUT2D eigenvalue weighted by Crippen LogP contribution is 2.48. The van der Waals surface area contributed by atoms with Gasteiger partial charge in [-0.2, -0.15) is 0 Å². The molecular formula is C22H27ClN2. The summed E-state index contributed by atoms with van der Waals surface area (Å²) in [6.45, 7) is 8.07. The summed E-state index contributed by atoms with van der Waals surface area (Å²) in [4.78, 5) is 5.17. The number of fused-ring (bicyclic) bond motifs is 1. The van der Waals surface area contributed by atoms with Crippen LogP contribution in [-0.4, -0.2) is 42.0 Å². The van der Waals surface area contributed by atoms with E-state index in [0.717, 1.165) is 31.1 Å². The second-order valence-electron chi connectivity index (χ2n) is 8.16. The Kier molecular flexibility index (Phi) is 4.39. The topological polar surface area (TPSA) is 6.48 Å². The molecule has 1 aliphatic carbocycles. The van der Waals surface area contributed by atoms with Crippen LogP contribution in [0.2, 0.25) is 5.02 Å². The molecule has 2 aliphatic rings. The maximum absolute atomic E-state index is 6.55. The SMILES string of the molecule is CN1CCN([C@@H]2C[C@H](c3ccccc3Cl)c3ccccc32)CC1(C)C. The zero-order valence-electron chi connectivity index (χ0n) is 15.4. The van der Waals surface area contributed by atoms with Crippen LogP contribution in [0, 0.1) is 0 Å². The van der Waals surface area contributed by atoms with Crippen LogP contribution in [0.1, 0.15) is 48.9 Å². The average Bonchev–Trinajstić information content (AvgIpc) is 2.97. The van der Waals surface area contributed by atoms with Crippen molar-refractivity contribution in [3.8, 4) is 0 Å². The predicted molar refractivity (Wildman–Crippen MR) is 105 cm³/mol. The number of hydrogen-bond acceptors (Lipinski definition) is 2. The van der Waals surface area contributed by atoms with Gasteiger partial charge in [-0.3, -0.25) is 9.80 Å². The quantitative estimate of drug-likeness (QED) is 0.753. The number of nitrogens with zero attached hydrogens (tertiary/aromatic N) is 2. The highest BCUT2D eigenvalue weighted by molar-refractivity contribution is 6.31. The van der Waals surface area contributed by atoms with E-state index >= 15 is 0 Å². The Bertz CT molecular complexity index is 770. The molecule has 1 aliphatic heterocycles. The lowest BCUT2D eigenvalue weighted by atomic mass is 9.93. The molecule has 4 rings (SSSR count). The Morgan fingerprint density at radius 2 is 1.56 bits per heavy atom. The van der Waals surface area contributed by atoms with Gasteiger partial charge in [-0.25, -0.2) is 0 Å². The van der Waals surface area contributed by atoms with Crippen molar-refractivity contribution >= 4 is 11.6 Å². The van der Waals surface area contributed by atoms with Gasteiger partial charge in [0.05, 0.1) is 0 Å². The molecule has 2 aromatic rings. The minimum absolute atomic E-state index is 0.218. The average molecular weight is 355 g/mol. The maximum Gasteiger partial charge on any atom is 0.0444 e. The Morgan fingerprint density at radius 1 is 0.920 bits per heavy atom. The van der Waals surface area contributed by atoms with Crippen molar-refractivity contribution in [3.63, 3.8) is 0 Å². The number of likely N-dealkylation sites (N-methyl/N-ethyl adjacent to an activating group) is 1. The van der Waals surface area contributed by atoms with Crippen LogP contribution in [0.15, 0.2) is 48.5 Å². The van der Waals surface area contributed by atoms with Crippen LogP contribution in [0.4, 0.5) is 0 Å². The molecule has 2 aromatic carbocycles. The molecule has 1 fully saturated rings. The number of hydrogen-bond donors (Lipinski definition) is 0. The van der Waals surface area contributed by atoms with E-state index in [-0.39, 0.29) is 5.54 Å². The summed E-state index contributed by atoms with van der Waals surface area (Å²) in [5.74, 6) is 0.401. The third-order valence-electron chi connectivity index (χ3n) is 6.26. The molecule has 2 atom stereocenters. The summed E-state index contributed by atoms with van der Waals surface area (Å²) in [5, 5.41) is 0.890. The Morgan fingerprint density at radius 3 is 2.24 bits per heavy atom. The summed E-state index contributed by atoms with van der Waals surface area (Å²) in [6, 6.07) is 17.8. The first-order valence-corrected chi connectivity index (χ1v) is 9.64. The lowest BCUT2D eigenvalue weighted by Gasteiger charge is -2.47. The highest BCUT2D eigenvalue weighted by atomic mass is 35.5.